The lowest BCUT2D eigenvalue weighted by molar-refractivity contribution is 0.126. The van der Waals surface area contributed by atoms with Gasteiger partial charge in [0.05, 0.1) is 12.1 Å². The number of aliphatic hydroxyl groups is 1. The van der Waals surface area contributed by atoms with E-state index in [2.05, 4.69) is 15.5 Å². The molecule has 1 heterocycles. The molecule has 0 bridgehead atoms. The molecule has 1 aliphatic carbocycles. The van der Waals surface area contributed by atoms with E-state index in [0.29, 0.717) is 17.5 Å². The first-order valence-electron chi connectivity index (χ1n) is 7.69. The fourth-order valence-electron chi connectivity index (χ4n) is 2.60. The van der Waals surface area contributed by atoms with Crippen LogP contribution in [0.1, 0.15) is 31.7 Å². The second-order valence-electron chi connectivity index (χ2n) is 5.57. The molecule has 0 radical (unpaired) electrons. The van der Waals surface area contributed by atoms with Gasteiger partial charge < -0.3 is 9.84 Å². The van der Waals surface area contributed by atoms with Crippen LogP contribution in [0.5, 0.6) is 5.75 Å². The van der Waals surface area contributed by atoms with Crippen LogP contribution in [0.25, 0.3) is 0 Å². The Hall–Kier alpha value is -1.67. The van der Waals surface area contributed by atoms with Crippen LogP contribution in [-0.4, -0.2) is 43.8 Å². The largest absolute Gasteiger partial charge is 0.491 e. The topological polar surface area (TPSA) is 73.1 Å². The first-order valence-corrected chi connectivity index (χ1v) is 8.68. The highest BCUT2D eigenvalue weighted by Crippen LogP contribution is 2.31. The number of rotatable bonds is 7. The minimum Gasteiger partial charge on any atom is -0.491 e. The molecule has 0 spiro atoms. The summed E-state index contributed by atoms with van der Waals surface area (Å²) in [5, 5.41) is 22.6. The van der Waals surface area contributed by atoms with Crippen LogP contribution in [0.2, 0.25) is 0 Å². The molecule has 0 aliphatic heterocycles. The lowest BCUT2D eigenvalue weighted by Crippen LogP contribution is -2.20. The number of halogens is 1. The summed E-state index contributed by atoms with van der Waals surface area (Å²) in [5.74, 6) is 0.660. The third-order valence-electron chi connectivity index (χ3n) is 3.79. The molecule has 0 saturated heterocycles. The van der Waals surface area contributed by atoms with Gasteiger partial charge >= 0.3 is 0 Å². The number of hydrogen-bond donors (Lipinski definition) is 1. The SMILES string of the molecule is O[C@H](COc1ccc(F)cc1)CSc1nnnn1C1CCCC1. The van der Waals surface area contributed by atoms with Crippen LogP contribution in [-0.2, 0) is 0 Å². The number of thioether (sulfide) groups is 1. The molecule has 1 aliphatic rings. The summed E-state index contributed by atoms with van der Waals surface area (Å²) in [4.78, 5) is 0. The Balaban J connectivity index is 1.46. The summed E-state index contributed by atoms with van der Waals surface area (Å²) in [5.41, 5.74) is 0. The Morgan fingerprint density at radius 3 is 2.78 bits per heavy atom. The van der Waals surface area contributed by atoms with Crippen molar-refractivity contribution in [1.29, 1.82) is 0 Å². The molecular weight excluding hydrogens is 319 g/mol. The zero-order valence-corrected chi connectivity index (χ0v) is 13.5. The molecule has 1 saturated carbocycles. The van der Waals surface area contributed by atoms with Gasteiger partial charge in [0.2, 0.25) is 5.16 Å². The van der Waals surface area contributed by atoms with E-state index in [9.17, 15) is 9.50 Å². The van der Waals surface area contributed by atoms with Crippen molar-refractivity contribution >= 4 is 11.8 Å². The van der Waals surface area contributed by atoms with Gasteiger partial charge in [-0.25, -0.2) is 9.07 Å². The molecule has 3 rings (SSSR count). The third-order valence-corrected chi connectivity index (χ3v) is 4.87. The maximum absolute atomic E-state index is 12.8. The number of nitrogens with zero attached hydrogens (tertiary/aromatic N) is 4. The summed E-state index contributed by atoms with van der Waals surface area (Å²) in [6, 6.07) is 6.10. The molecule has 1 N–H and O–H groups in total. The van der Waals surface area contributed by atoms with Gasteiger partial charge in [0.1, 0.15) is 18.2 Å². The Morgan fingerprint density at radius 2 is 2.04 bits per heavy atom. The number of aromatic nitrogens is 4. The highest BCUT2D eigenvalue weighted by atomic mass is 32.2. The highest BCUT2D eigenvalue weighted by molar-refractivity contribution is 7.99. The first-order chi connectivity index (χ1) is 11.2. The lowest BCUT2D eigenvalue weighted by atomic mass is 10.3. The average molecular weight is 338 g/mol. The molecule has 6 nitrogen and oxygen atoms in total. The summed E-state index contributed by atoms with van der Waals surface area (Å²) in [7, 11) is 0. The van der Waals surface area contributed by atoms with E-state index in [0.717, 1.165) is 18.0 Å². The molecule has 1 atom stereocenters. The van der Waals surface area contributed by atoms with Gasteiger partial charge in [-0.15, -0.1) is 5.10 Å². The zero-order valence-electron chi connectivity index (χ0n) is 12.6. The van der Waals surface area contributed by atoms with Crippen molar-refractivity contribution < 1.29 is 14.2 Å². The molecule has 8 heteroatoms. The van der Waals surface area contributed by atoms with Gasteiger partial charge in [0.25, 0.3) is 0 Å². The maximum Gasteiger partial charge on any atom is 0.209 e. The predicted molar refractivity (Wildman–Crippen MR) is 83.9 cm³/mol. The van der Waals surface area contributed by atoms with Crippen LogP contribution in [0.4, 0.5) is 4.39 Å². The molecule has 1 aromatic heterocycles. The summed E-state index contributed by atoms with van der Waals surface area (Å²) < 4.78 is 20.1. The molecule has 2 aromatic rings. The zero-order chi connectivity index (χ0) is 16.1. The Labute approximate surface area is 138 Å². The second-order valence-corrected chi connectivity index (χ2v) is 6.56. The molecule has 0 unspecified atom stereocenters. The van der Waals surface area contributed by atoms with Crippen molar-refractivity contribution in [1.82, 2.24) is 20.2 Å². The smallest absolute Gasteiger partial charge is 0.209 e. The van der Waals surface area contributed by atoms with Gasteiger partial charge in [-0.3, -0.25) is 0 Å². The minimum absolute atomic E-state index is 0.142. The van der Waals surface area contributed by atoms with Crippen LogP contribution in [0.15, 0.2) is 29.4 Å². The quantitative estimate of drug-likeness (QED) is 0.782. The number of aliphatic hydroxyl groups excluding tert-OH is 1. The molecule has 1 fully saturated rings. The highest BCUT2D eigenvalue weighted by Gasteiger charge is 2.22. The van der Waals surface area contributed by atoms with E-state index in [-0.39, 0.29) is 12.4 Å². The van der Waals surface area contributed by atoms with E-state index >= 15 is 0 Å². The van der Waals surface area contributed by atoms with E-state index in [1.54, 1.807) is 0 Å². The van der Waals surface area contributed by atoms with E-state index in [4.69, 9.17) is 4.74 Å². The first kappa shape index (κ1) is 16.2. The number of benzene rings is 1. The van der Waals surface area contributed by atoms with Crippen LogP contribution in [0, 0.1) is 5.82 Å². The number of hydrogen-bond acceptors (Lipinski definition) is 6. The fraction of sp³-hybridized carbons (Fsp3) is 0.533. The predicted octanol–water partition coefficient (Wildman–Crippen LogP) is 2.46. The van der Waals surface area contributed by atoms with Crippen LogP contribution >= 0.6 is 11.8 Å². The van der Waals surface area contributed by atoms with Gasteiger partial charge in [-0.1, -0.05) is 24.6 Å². The summed E-state index contributed by atoms with van der Waals surface area (Å²) >= 11 is 1.42. The lowest BCUT2D eigenvalue weighted by Gasteiger charge is -2.13. The van der Waals surface area contributed by atoms with Crippen LogP contribution in [0.3, 0.4) is 0 Å². The number of ether oxygens (including phenoxy) is 1. The number of tetrazole rings is 1. The molecule has 23 heavy (non-hydrogen) atoms. The Bertz CT molecular complexity index is 616. The van der Waals surface area contributed by atoms with Crippen molar-refractivity contribution in [2.45, 2.75) is 43.0 Å². The fourth-order valence-corrected chi connectivity index (χ4v) is 3.45. The third kappa shape index (κ3) is 4.42. The molecular formula is C15H19FN4O2S. The standard InChI is InChI=1S/C15H19FN4O2S/c16-11-5-7-14(8-6-11)22-9-13(21)10-23-15-17-18-19-20(15)12-3-1-2-4-12/h5-8,12-13,21H,1-4,9-10H2/t13-/m1/s1. The summed E-state index contributed by atoms with van der Waals surface area (Å²) in [6.07, 6.45) is 3.98. The summed E-state index contributed by atoms with van der Waals surface area (Å²) in [6.45, 7) is 0.142. The normalized spacial score (nSPS) is 16.6. The van der Waals surface area contributed by atoms with Gasteiger partial charge in [-0.05, 0) is 47.5 Å². The van der Waals surface area contributed by atoms with Crippen molar-refractivity contribution in [2.75, 3.05) is 12.4 Å². The second kappa shape index (κ2) is 7.74. The van der Waals surface area contributed by atoms with Crippen molar-refractivity contribution in [3.63, 3.8) is 0 Å². The minimum atomic E-state index is -0.654. The molecule has 0 amide bonds. The molecule has 124 valence electrons. The Kier molecular flexibility index (Phi) is 5.45. The van der Waals surface area contributed by atoms with E-state index in [1.807, 2.05) is 4.68 Å². The van der Waals surface area contributed by atoms with Crippen molar-refractivity contribution in [3.8, 4) is 5.75 Å². The molecule has 1 aromatic carbocycles. The van der Waals surface area contributed by atoms with Gasteiger partial charge in [0, 0.05) is 5.75 Å². The van der Waals surface area contributed by atoms with Gasteiger partial charge in [0.15, 0.2) is 0 Å². The van der Waals surface area contributed by atoms with Crippen molar-refractivity contribution in [3.05, 3.63) is 30.1 Å². The van der Waals surface area contributed by atoms with Gasteiger partial charge in [-0.2, -0.15) is 0 Å². The average Bonchev–Trinajstić information content (AvgIpc) is 3.23. The van der Waals surface area contributed by atoms with E-state index in [1.165, 1.54) is 48.9 Å². The van der Waals surface area contributed by atoms with Crippen LogP contribution < -0.4 is 4.74 Å². The monoisotopic (exact) mass is 338 g/mol. The maximum atomic E-state index is 12.8. The Morgan fingerprint density at radius 1 is 1.30 bits per heavy atom. The van der Waals surface area contributed by atoms with Crippen molar-refractivity contribution in [2.24, 2.45) is 0 Å². The van der Waals surface area contributed by atoms with E-state index < -0.39 is 6.10 Å².